The van der Waals surface area contributed by atoms with E-state index in [2.05, 4.69) is 20.2 Å². The van der Waals surface area contributed by atoms with E-state index in [1.54, 1.807) is 55.5 Å². The first kappa shape index (κ1) is 23.6. The van der Waals surface area contributed by atoms with Crippen LogP contribution in [0.15, 0.2) is 52.9 Å². The zero-order valence-electron chi connectivity index (χ0n) is 17.9. The van der Waals surface area contributed by atoms with Gasteiger partial charge in [-0.05, 0) is 50.6 Å². The molecule has 1 unspecified atom stereocenters. The van der Waals surface area contributed by atoms with Gasteiger partial charge in [0.25, 0.3) is 15.9 Å². The minimum Gasteiger partial charge on any atom is -0.490 e. The van der Waals surface area contributed by atoms with E-state index >= 15 is 0 Å². The maximum Gasteiger partial charge on any atom is 0.270 e. The molecular formula is C21H24N4O5S2. The van der Waals surface area contributed by atoms with Crippen molar-refractivity contribution in [1.29, 1.82) is 0 Å². The Kier molecular flexibility index (Phi) is 7.78. The lowest BCUT2D eigenvalue weighted by atomic mass is 10.1. The van der Waals surface area contributed by atoms with Crippen LogP contribution in [0, 0.1) is 0 Å². The summed E-state index contributed by atoms with van der Waals surface area (Å²) in [5.74, 6) is 0.737. The highest BCUT2D eigenvalue weighted by atomic mass is 32.2. The average Bonchev–Trinajstić information content (AvgIpc) is 3.25. The lowest BCUT2D eigenvalue weighted by Crippen LogP contribution is -2.26. The standard InChI is InChI=1S/C21H24N4O5S2/c1-4-29-17-12-11-16(13-18(17)30-5-2)14(3)25-32(27,28)21-24-23-20(31-21)22-19(26)15-9-7-6-8-10-15/h6-14,25H,4-5H2,1-3H3,(H,22,23,26). The number of anilines is 1. The summed E-state index contributed by atoms with van der Waals surface area (Å²) in [7, 11) is -3.96. The summed E-state index contributed by atoms with van der Waals surface area (Å²) in [6.45, 7) is 6.38. The largest absolute Gasteiger partial charge is 0.490 e. The number of nitrogens with zero attached hydrogens (tertiary/aromatic N) is 2. The third-order valence-electron chi connectivity index (χ3n) is 4.29. The Morgan fingerprint density at radius 1 is 1.03 bits per heavy atom. The number of carbonyl (C=O) groups is 1. The third kappa shape index (κ3) is 5.81. The molecule has 1 atom stereocenters. The molecule has 0 fully saturated rings. The molecular weight excluding hydrogens is 452 g/mol. The van der Waals surface area contributed by atoms with Crippen LogP contribution in [0.25, 0.3) is 0 Å². The van der Waals surface area contributed by atoms with Crippen molar-refractivity contribution in [3.8, 4) is 11.5 Å². The first-order valence-corrected chi connectivity index (χ1v) is 12.3. The molecule has 9 nitrogen and oxygen atoms in total. The molecule has 170 valence electrons. The van der Waals surface area contributed by atoms with Crippen LogP contribution in [-0.4, -0.2) is 37.7 Å². The number of hydrogen-bond acceptors (Lipinski definition) is 8. The SMILES string of the molecule is CCOc1ccc(C(C)NS(=O)(=O)c2nnc(NC(=O)c3ccccc3)s2)cc1OCC. The van der Waals surface area contributed by atoms with Gasteiger partial charge in [-0.2, -0.15) is 0 Å². The fraction of sp³-hybridized carbons (Fsp3) is 0.286. The Morgan fingerprint density at radius 3 is 2.41 bits per heavy atom. The van der Waals surface area contributed by atoms with Crippen molar-refractivity contribution in [2.75, 3.05) is 18.5 Å². The lowest BCUT2D eigenvalue weighted by molar-refractivity contribution is 0.102. The molecule has 0 saturated carbocycles. The molecule has 1 aromatic heterocycles. The van der Waals surface area contributed by atoms with Crippen molar-refractivity contribution in [3.63, 3.8) is 0 Å². The summed E-state index contributed by atoms with van der Waals surface area (Å²) < 4.78 is 39.1. The maximum absolute atomic E-state index is 12.8. The summed E-state index contributed by atoms with van der Waals surface area (Å²) in [5, 5.41) is 10.2. The summed E-state index contributed by atoms with van der Waals surface area (Å²) in [6, 6.07) is 13.2. The topological polar surface area (TPSA) is 120 Å². The van der Waals surface area contributed by atoms with Crippen LogP contribution in [0.4, 0.5) is 5.13 Å². The maximum atomic E-state index is 12.8. The lowest BCUT2D eigenvalue weighted by Gasteiger charge is -2.16. The number of sulfonamides is 1. The number of ether oxygens (including phenoxy) is 2. The molecule has 0 aliphatic heterocycles. The van der Waals surface area contributed by atoms with Crippen LogP contribution >= 0.6 is 11.3 Å². The van der Waals surface area contributed by atoms with E-state index in [1.165, 1.54) is 0 Å². The molecule has 32 heavy (non-hydrogen) atoms. The van der Waals surface area contributed by atoms with E-state index in [1.807, 2.05) is 13.8 Å². The van der Waals surface area contributed by atoms with Crippen LogP contribution in [0.5, 0.6) is 11.5 Å². The van der Waals surface area contributed by atoms with Crippen molar-refractivity contribution >= 4 is 32.4 Å². The fourth-order valence-electron chi connectivity index (χ4n) is 2.82. The molecule has 1 heterocycles. The zero-order valence-corrected chi connectivity index (χ0v) is 19.5. The number of aromatic nitrogens is 2. The fourth-order valence-corrected chi connectivity index (χ4v) is 4.96. The molecule has 11 heteroatoms. The van der Waals surface area contributed by atoms with Crippen molar-refractivity contribution in [2.45, 2.75) is 31.2 Å². The van der Waals surface area contributed by atoms with Gasteiger partial charge < -0.3 is 9.47 Å². The first-order valence-electron chi connectivity index (χ1n) is 9.95. The van der Waals surface area contributed by atoms with Gasteiger partial charge in [-0.1, -0.05) is 35.6 Å². The second-order valence-corrected chi connectivity index (χ2v) is 9.47. The Bertz CT molecular complexity index is 1170. The number of rotatable bonds is 10. The van der Waals surface area contributed by atoms with Crippen molar-refractivity contribution in [2.24, 2.45) is 0 Å². The molecule has 0 aliphatic carbocycles. The van der Waals surface area contributed by atoms with Crippen LogP contribution in [0.3, 0.4) is 0 Å². The van der Waals surface area contributed by atoms with Gasteiger partial charge in [0.2, 0.25) is 9.47 Å². The highest BCUT2D eigenvalue weighted by Gasteiger charge is 2.24. The van der Waals surface area contributed by atoms with E-state index < -0.39 is 22.0 Å². The van der Waals surface area contributed by atoms with Crippen LogP contribution in [0.1, 0.15) is 42.7 Å². The average molecular weight is 477 g/mol. The van der Waals surface area contributed by atoms with Gasteiger partial charge in [0.05, 0.1) is 13.2 Å². The van der Waals surface area contributed by atoms with Gasteiger partial charge >= 0.3 is 0 Å². The van der Waals surface area contributed by atoms with Gasteiger partial charge in [0.1, 0.15) is 0 Å². The third-order valence-corrected chi connectivity index (χ3v) is 7.04. The Labute approximate surface area is 190 Å². The molecule has 3 rings (SSSR count). The van der Waals surface area contributed by atoms with Crippen molar-refractivity contribution in [3.05, 3.63) is 59.7 Å². The van der Waals surface area contributed by atoms with Crippen LogP contribution in [0.2, 0.25) is 0 Å². The molecule has 0 saturated heterocycles. The molecule has 3 aromatic rings. The molecule has 0 spiro atoms. The minimum absolute atomic E-state index is 0.0894. The van der Waals surface area contributed by atoms with Gasteiger partial charge in [-0.15, -0.1) is 10.2 Å². The number of benzene rings is 2. The number of carbonyl (C=O) groups excluding carboxylic acids is 1. The van der Waals surface area contributed by atoms with Gasteiger partial charge in [-0.25, -0.2) is 13.1 Å². The smallest absolute Gasteiger partial charge is 0.270 e. The quantitative estimate of drug-likeness (QED) is 0.429. The first-order chi connectivity index (χ1) is 15.3. The predicted molar refractivity (Wildman–Crippen MR) is 122 cm³/mol. The van der Waals surface area contributed by atoms with E-state index in [4.69, 9.17) is 9.47 Å². The zero-order chi connectivity index (χ0) is 23.1. The molecule has 2 N–H and O–H groups in total. The number of amides is 1. The molecule has 2 aromatic carbocycles. The molecule has 0 aliphatic rings. The van der Waals surface area contributed by atoms with Crippen LogP contribution < -0.4 is 19.5 Å². The van der Waals surface area contributed by atoms with Crippen LogP contribution in [-0.2, 0) is 10.0 Å². The van der Waals surface area contributed by atoms with E-state index in [0.717, 1.165) is 11.3 Å². The van der Waals surface area contributed by atoms with Crippen molar-refractivity contribution in [1.82, 2.24) is 14.9 Å². The van der Waals surface area contributed by atoms with E-state index in [-0.39, 0.29) is 9.47 Å². The monoisotopic (exact) mass is 476 g/mol. The highest BCUT2D eigenvalue weighted by molar-refractivity contribution is 7.91. The Balaban J connectivity index is 1.72. The highest BCUT2D eigenvalue weighted by Crippen LogP contribution is 2.31. The summed E-state index contributed by atoms with van der Waals surface area (Å²) >= 11 is 0.771. The Morgan fingerprint density at radius 2 is 1.72 bits per heavy atom. The molecule has 0 bridgehead atoms. The van der Waals surface area contributed by atoms with Gasteiger partial charge in [0.15, 0.2) is 11.5 Å². The summed E-state index contributed by atoms with van der Waals surface area (Å²) in [6.07, 6.45) is 0. The van der Waals surface area contributed by atoms with Gasteiger partial charge in [-0.3, -0.25) is 10.1 Å². The second-order valence-electron chi connectivity index (χ2n) is 6.61. The summed E-state index contributed by atoms with van der Waals surface area (Å²) in [4.78, 5) is 12.2. The van der Waals surface area contributed by atoms with Gasteiger partial charge in [0, 0.05) is 11.6 Å². The van der Waals surface area contributed by atoms with E-state index in [9.17, 15) is 13.2 Å². The van der Waals surface area contributed by atoms with E-state index in [0.29, 0.717) is 35.8 Å². The predicted octanol–water partition coefficient (Wildman–Crippen LogP) is 3.63. The van der Waals surface area contributed by atoms with Crippen molar-refractivity contribution < 1.29 is 22.7 Å². The number of hydrogen-bond donors (Lipinski definition) is 2. The number of nitrogens with one attached hydrogen (secondary N) is 2. The second kappa shape index (κ2) is 10.5. The molecule has 0 radical (unpaired) electrons. The Hall–Kier alpha value is -3.02. The minimum atomic E-state index is -3.96. The summed E-state index contributed by atoms with van der Waals surface area (Å²) in [5.41, 5.74) is 1.13. The normalized spacial score (nSPS) is 12.2. The molecule has 1 amide bonds.